The number of hydrogen-bond acceptors (Lipinski definition) is 3. The van der Waals surface area contributed by atoms with Crippen LogP contribution in [0.4, 0.5) is 0 Å². The predicted octanol–water partition coefficient (Wildman–Crippen LogP) is 12.6. The molecule has 3 heterocycles. The van der Waals surface area contributed by atoms with Gasteiger partial charge < -0.3 is 4.57 Å². The first kappa shape index (κ1) is 28.6. The molecule has 0 N–H and O–H groups in total. The molecule has 4 heteroatoms. The van der Waals surface area contributed by atoms with Gasteiger partial charge in [-0.15, -0.1) is 11.3 Å². The second-order valence-corrected chi connectivity index (χ2v) is 13.7. The molecule has 0 radical (unpaired) electrons. The minimum atomic E-state index is 0.705. The van der Waals surface area contributed by atoms with Crippen LogP contribution in [0.3, 0.4) is 0 Å². The van der Waals surface area contributed by atoms with E-state index in [4.69, 9.17) is 9.97 Å². The number of thiophene rings is 1. The molecular formula is C46H29N3S. The summed E-state index contributed by atoms with van der Waals surface area (Å²) in [5.74, 6) is 0.705. The average Bonchev–Trinajstić information content (AvgIpc) is 3.74. The smallest absolute Gasteiger partial charge is 0.159 e. The van der Waals surface area contributed by atoms with Gasteiger partial charge in [0.05, 0.1) is 16.7 Å². The summed E-state index contributed by atoms with van der Waals surface area (Å²) < 4.78 is 5.02. The predicted molar refractivity (Wildman–Crippen MR) is 211 cm³/mol. The van der Waals surface area contributed by atoms with Gasteiger partial charge in [-0.2, -0.15) is 0 Å². The number of para-hydroxylation sites is 1. The van der Waals surface area contributed by atoms with E-state index in [0.717, 1.165) is 22.5 Å². The third kappa shape index (κ3) is 4.73. The van der Waals surface area contributed by atoms with Crippen molar-refractivity contribution in [1.29, 1.82) is 0 Å². The fourth-order valence-corrected chi connectivity index (χ4v) is 8.54. The van der Waals surface area contributed by atoms with Crippen LogP contribution in [-0.4, -0.2) is 14.5 Å². The van der Waals surface area contributed by atoms with E-state index in [0.29, 0.717) is 5.82 Å². The van der Waals surface area contributed by atoms with Gasteiger partial charge in [-0.05, 0) is 64.7 Å². The van der Waals surface area contributed by atoms with Crippen LogP contribution in [-0.2, 0) is 0 Å². The normalized spacial score (nSPS) is 11.6. The van der Waals surface area contributed by atoms with E-state index >= 15 is 0 Å². The molecule has 50 heavy (non-hydrogen) atoms. The summed E-state index contributed by atoms with van der Waals surface area (Å²) in [6, 6.07) is 60.6. The quantitative estimate of drug-likeness (QED) is 0.185. The second kappa shape index (κ2) is 11.7. The Morgan fingerprint density at radius 1 is 0.440 bits per heavy atom. The third-order valence-electron chi connectivity index (χ3n) is 9.69. The van der Waals surface area contributed by atoms with Gasteiger partial charge in [-0.1, -0.05) is 127 Å². The molecule has 0 atom stereocenters. The number of rotatable bonds is 5. The molecule has 0 saturated carbocycles. The Morgan fingerprint density at radius 2 is 1.12 bits per heavy atom. The molecule has 234 valence electrons. The Bertz CT molecular complexity index is 2860. The zero-order valence-corrected chi connectivity index (χ0v) is 27.8. The second-order valence-electron chi connectivity index (χ2n) is 12.6. The summed E-state index contributed by atoms with van der Waals surface area (Å²) in [4.78, 5) is 9.74. The van der Waals surface area contributed by atoms with E-state index in [1.807, 2.05) is 29.7 Å². The minimum absolute atomic E-state index is 0.705. The Hall–Kier alpha value is -6.36. The first-order valence-electron chi connectivity index (χ1n) is 16.8. The van der Waals surface area contributed by atoms with E-state index in [9.17, 15) is 0 Å². The Labute approximate surface area is 293 Å². The number of nitrogens with zero attached hydrogens (tertiary/aromatic N) is 3. The zero-order valence-electron chi connectivity index (χ0n) is 27.0. The molecule has 0 bridgehead atoms. The van der Waals surface area contributed by atoms with Crippen molar-refractivity contribution in [2.45, 2.75) is 0 Å². The van der Waals surface area contributed by atoms with Crippen molar-refractivity contribution in [3.8, 4) is 50.6 Å². The van der Waals surface area contributed by atoms with Gasteiger partial charge in [0.15, 0.2) is 5.82 Å². The van der Waals surface area contributed by atoms with Gasteiger partial charge in [0.1, 0.15) is 0 Å². The molecule has 0 aliphatic heterocycles. The van der Waals surface area contributed by atoms with Crippen molar-refractivity contribution in [1.82, 2.24) is 14.5 Å². The lowest BCUT2D eigenvalue weighted by atomic mass is 10.0. The molecule has 0 saturated heterocycles. The van der Waals surface area contributed by atoms with Crippen molar-refractivity contribution >= 4 is 53.3 Å². The third-order valence-corrected chi connectivity index (χ3v) is 10.9. The number of benzene rings is 7. The summed E-state index contributed by atoms with van der Waals surface area (Å²) in [6.45, 7) is 0. The van der Waals surface area contributed by atoms with E-state index < -0.39 is 0 Å². The minimum Gasteiger partial charge on any atom is -0.309 e. The highest BCUT2D eigenvalue weighted by atomic mass is 32.1. The summed E-state index contributed by atoms with van der Waals surface area (Å²) in [6.07, 6.45) is 1.86. The van der Waals surface area contributed by atoms with Crippen LogP contribution in [0.2, 0.25) is 0 Å². The van der Waals surface area contributed by atoms with Gasteiger partial charge in [-0.3, -0.25) is 0 Å². The molecule has 0 fully saturated rings. The largest absolute Gasteiger partial charge is 0.309 e. The molecule has 10 rings (SSSR count). The fourth-order valence-electron chi connectivity index (χ4n) is 7.30. The van der Waals surface area contributed by atoms with Gasteiger partial charge in [-0.25, -0.2) is 9.97 Å². The van der Waals surface area contributed by atoms with Crippen molar-refractivity contribution in [3.05, 3.63) is 176 Å². The van der Waals surface area contributed by atoms with E-state index in [1.54, 1.807) is 0 Å². The Balaban J connectivity index is 1.06. The zero-order chi connectivity index (χ0) is 33.0. The number of fused-ring (bicyclic) bond motifs is 6. The van der Waals surface area contributed by atoms with Crippen molar-refractivity contribution < 1.29 is 0 Å². The van der Waals surface area contributed by atoms with Crippen LogP contribution < -0.4 is 0 Å². The molecule has 0 unspecified atom stereocenters. The summed E-state index contributed by atoms with van der Waals surface area (Å²) >= 11 is 1.88. The Kier molecular flexibility index (Phi) is 6.68. The van der Waals surface area contributed by atoms with Crippen molar-refractivity contribution in [2.75, 3.05) is 0 Å². The van der Waals surface area contributed by atoms with E-state index in [1.165, 1.54) is 64.2 Å². The summed E-state index contributed by atoms with van der Waals surface area (Å²) in [5.41, 5.74) is 11.3. The molecule has 10 aromatic rings. The maximum absolute atomic E-state index is 5.03. The van der Waals surface area contributed by atoms with Crippen LogP contribution in [0.5, 0.6) is 0 Å². The van der Waals surface area contributed by atoms with E-state index in [-0.39, 0.29) is 0 Å². The van der Waals surface area contributed by atoms with Crippen molar-refractivity contribution in [2.24, 2.45) is 0 Å². The SMILES string of the molecule is c1ccc(-c2ccc(-c3ccnc(-c4cccc(-n5c6ccccc6c6cc(-c7cccc8c7sc7ccccc78)ccc65)c4)n3)cc2)cc1. The van der Waals surface area contributed by atoms with Gasteiger partial charge in [0.25, 0.3) is 0 Å². The summed E-state index contributed by atoms with van der Waals surface area (Å²) in [7, 11) is 0. The maximum Gasteiger partial charge on any atom is 0.159 e. The van der Waals surface area contributed by atoms with Gasteiger partial charge in [0.2, 0.25) is 0 Å². The summed E-state index contributed by atoms with van der Waals surface area (Å²) in [5, 5.41) is 5.11. The first-order valence-corrected chi connectivity index (χ1v) is 17.6. The Morgan fingerprint density at radius 3 is 2.02 bits per heavy atom. The highest BCUT2D eigenvalue weighted by molar-refractivity contribution is 7.26. The molecule has 0 aliphatic rings. The highest BCUT2D eigenvalue weighted by Crippen LogP contribution is 2.42. The topological polar surface area (TPSA) is 30.7 Å². The number of hydrogen-bond donors (Lipinski definition) is 0. The van der Waals surface area contributed by atoms with Crippen LogP contribution in [0.25, 0.3) is 92.6 Å². The molecule has 0 amide bonds. The molecule has 0 aliphatic carbocycles. The van der Waals surface area contributed by atoms with Gasteiger partial charge >= 0.3 is 0 Å². The highest BCUT2D eigenvalue weighted by Gasteiger charge is 2.16. The van der Waals surface area contributed by atoms with E-state index in [2.05, 4.69) is 162 Å². The van der Waals surface area contributed by atoms with Crippen LogP contribution in [0, 0.1) is 0 Å². The van der Waals surface area contributed by atoms with Crippen LogP contribution in [0.1, 0.15) is 0 Å². The molecular weight excluding hydrogens is 627 g/mol. The maximum atomic E-state index is 5.03. The molecule has 7 aromatic carbocycles. The standard InChI is InChI=1S/C46H29N3S/c1-2-10-30(11-3-1)31-20-22-32(23-21-31)41-26-27-47-46(48-41)34-12-8-13-35(28-34)49-42-18-6-4-14-37(42)40-29-33(24-25-43(40)49)36-16-9-17-39-38-15-5-7-19-44(38)50-45(36)39/h1-29H. The monoisotopic (exact) mass is 655 g/mol. The lowest BCUT2D eigenvalue weighted by Gasteiger charge is -2.11. The fraction of sp³-hybridized carbons (Fsp3) is 0. The molecule has 0 spiro atoms. The van der Waals surface area contributed by atoms with Crippen molar-refractivity contribution in [3.63, 3.8) is 0 Å². The average molecular weight is 656 g/mol. The lowest BCUT2D eigenvalue weighted by molar-refractivity contribution is 1.16. The van der Waals surface area contributed by atoms with Crippen LogP contribution >= 0.6 is 11.3 Å². The number of aromatic nitrogens is 3. The molecule has 3 nitrogen and oxygen atoms in total. The lowest BCUT2D eigenvalue weighted by Crippen LogP contribution is -1.96. The van der Waals surface area contributed by atoms with Gasteiger partial charge in [0, 0.05) is 54.0 Å². The van der Waals surface area contributed by atoms with Crippen LogP contribution in [0.15, 0.2) is 176 Å². The first-order chi connectivity index (χ1) is 24.8. The molecule has 3 aromatic heterocycles.